The van der Waals surface area contributed by atoms with Crippen LogP contribution in [0.1, 0.15) is 6.92 Å². The summed E-state index contributed by atoms with van der Waals surface area (Å²) in [6.45, 7) is 2.13. The van der Waals surface area contributed by atoms with E-state index >= 15 is 0 Å². The standard InChI is InChI=1S/C19H17N3OS/c1-3-24-19-21-17(12-18-20-8-9-22(18)19)15-5-4-14-11-16(23-2)7-6-13(14)10-15/h4-12H,3H2,1-2H3. The van der Waals surface area contributed by atoms with Crippen molar-refractivity contribution in [1.29, 1.82) is 0 Å². The highest BCUT2D eigenvalue weighted by atomic mass is 32.2. The fourth-order valence-corrected chi connectivity index (χ4v) is 3.50. The Labute approximate surface area is 144 Å². The van der Waals surface area contributed by atoms with Crippen LogP contribution < -0.4 is 4.74 Å². The van der Waals surface area contributed by atoms with Crippen molar-refractivity contribution < 1.29 is 4.74 Å². The fraction of sp³-hybridized carbons (Fsp3) is 0.158. The molecule has 4 nitrogen and oxygen atoms in total. The van der Waals surface area contributed by atoms with Gasteiger partial charge in [-0.25, -0.2) is 9.97 Å². The number of methoxy groups -OCH3 is 1. The van der Waals surface area contributed by atoms with Gasteiger partial charge in [-0.05, 0) is 34.7 Å². The summed E-state index contributed by atoms with van der Waals surface area (Å²) < 4.78 is 7.32. The van der Waals surface area contributed by atoms with Crippen LogP contribution in [0.2, 0.25) is 0 Å². The predicted octanol–water partition coefficient (Wildman–Crippen LogP) is 4.67. The summed E-state index contributed by atoms with van der Waals surface area (Å²) >= 11 is 1.72. The van der Waals surface area contributed by atoms with Crippen LogP contribution in [0.15, 0.2) is 60.0 Å². The minimum absolute atomic E-state index is 0.869. The van der Waals surface area contributed by atoms with E-state index < -0.39 is 0 Å². The number of aromatic nitrogens is 3. The highest BCUT2D eigenvalue weighted by Gasteiger charge is 2.09. The minimum Gasteiger partial charge on any atom is -0.497 e. The zero-order valence-electron chi connectivity index (χ0n) is 13.6. The number of hydrogen-bond donors (Lipinski definition) is 0. The first-order valence-electron chi connectivity index (χ1n) is 7.83. The maximum Gasteiger partial charge on any atom is 0.174 e. The van der Waals surface area contributed by atoms with Crippen molar-refractivity contribution >= 4 is 28.2 Å². The first-order chi connectivity index (χ1) is 11.8. The van der Waals surface area contributed by atoms with Crippen LogP contribution in [0.5, 0.6) is 5.75 Å². The quantitative estimate of drug-likeness (QED) is 0.401. The topological polar surface area (TPSA) is 39.4 Å². The van der Waals surface area contributed by atoms with Crippen LogP contribution in [0.4, 0.5) is 0 Å². The fourth-order valence-electron chi connectivity index (χ4n) is 2.78. The molecule has 0 aliphatic heterocycles. The molecule has 0 atom stereocenters. The lowest BCUT2D eigenvalue weighted by atomic mass is 10.0. The molecule has 5 heteroatoms. The molecule has 4 rings (SSSR count). The Kier molecular flexibility index (Phi) is 3.86. The Morgan fingerprint density at radius 1 is 1.08 bits per heavy atom. The molecule has 0 spiro atoms. The maximum absolute atomic E-state index is 5.29. The second kappa shape index (κ2) is 6.17. The van der Waals surface area contributed by atoms with Crippen LogP contribution in [-0.4, -0.2) is 27.2 Å². The van der Waals surface area contributed by atoms with Crippen molar-refractivity contribution in [1.82, 2.24) is 14.4 Å². The second-order valence-electron chi connectivity index (χ2n) is 5.44. The molecule has 24 heavy (non-hydrogen) atoms. The molecule has 4 aromatic rings. The largest absolute Gasteiger partial charge is 0.497 e. The maximum atomic E-state index is 5.29. The minimum atomic E-state index is 0.869. The van der Waals surface area contributed by atoms with Crippen LogP contribution in [0.25, 0.3) is 27.7 Å². The predicted molar refractivity (Wildman–Crippen MR) is 98.9 cm³/mol. The van der Waals surface area contributed by atoms with Crippen LogP contribution >= 0.6 is 11.8 Å². The zero-order chi connectivity index (χ0) is 16.5. The summed E-state index contributed by atoms with van der Waals surface area (Å²) in [5.41, 5.74) is 2.96. The Bertz CT molecular complexity index is 1030. The molecule has 0 N–H and O–H groups in total. The van der Waals surface area contributed by atoms with Gasteiger partial charge in [-0.2, -0.15) is 0 Å². The van der Waals surface area contributed by atoms with E-state index in [4.69, 9.17) is 9.72 Å². The molecular formula is C19H17N3OS. The smallest absolute Gasteiger partial charge is 0.174 e. The van der Waals surface area contributed by atoms with Crippen molar-refractivity contribution in [2.24, 2.45) is 0 Å². The van der Waals surface area contributed by atoms with Crippen LogP contribution in [0, 0.1) is 0 Å². The molecule has 0 unspecified atom stereocenters. The molecule has 0 radical (unpaired) electrons. The Morgan fingerprint density at radius 3 is 2.75 bits per heavy atom. The molecule has 120 valence electrons. The highest BCUT2D eigenvalue weighted by molar-refractivity contribution is 7.99. The average Bonchev–Trinajstić information content (AvgIpc) is 3.10. The van der Waals surface area contributed by atoms with Crippen LogP contribution in [0.3, 0.4) is 0 Å². The van der Waals surface area contributed by atoms with Gasteiger partial charge in [0.2, 0.25) is 0 Å². The molecule has 0 aliphatic rings. The third-order valence-electron chi connectivity index (χ3n) is 3.97. The lowest BCUT2D eigenvalue weighted by molar-refractivity contribution is 0.415. The van der Waals surface area contributed by atoms with E-state index in [1.54, 1.807) is 18.9 Å². The monoisotopic (exact) mass is 335 g/mol. The van der Waals surface area contributed by atoms with E-state index in [0.29, 0.717) is 0 Å². The van der Waals surface area contributed by atoms with Gasteiger partial charge in [-0.1, -0.05) is 36.9 Å². The average molecular weight is 335 g/mol. The molecule has 2 aromatic heterocycles. The van der Waals surface area contributed by atoms with Gasteiger partial charge >= 0.3 is 0 Å². The molecule has 0 amide bonds. The molecule has 0 saturated heterocycles. The number of hydrogen-bond acceptors (Lipinski definition) is 4. The highest BCUT2D eigenvalue weighted by Crippen LogP contribution is 2.28. The normalized spacial score (nSPS) is 11.2. The van der Waals surface area contributed by atoms with Crippen molar-refractivity contribution in [2.75, 3.05) is 12.9 Å². The zero-order valence-corrected chi connectivity index (χ0v) is 14.4. The van der Waals surface area contributed by atoms with Gasteiger partial charge < -0.3 is 4.74 Å². The Hall–Kier alpha value is -2.53. The lowest BCUT2D eigenvalue weighted by Crippen LogP contribution is -1.96. The lowest BCUT2D eigenvalue weighted by Gasteiger charge is -2.09. The molecule has 0 saturated carbocycles. The Balaban J connectivity index is 1.85. The molecular weight excluding hydrogens is 318 g/mol. The van der Waals surface area contributed by atoms with E-state index in [2.05, 4.69) is 36.2 Å². The second-order valence-corrected chi connectivity index (χ2v) is 6.67. The summed E-state index contributed by atoms with van der Waals surface area (Å²) in [7, 11) is 1.69. The number of nitrogens with zero attached hydrogens (tertiary/aromatic N) is 3. The summed E-state index contributed by atoms with van der Waals surface area (Å²) in [6, 6.07) is 14.5. The van der Waals surface area contributed by atoms with Gasteiger partial charge in [-0.15, -0.1) is 0 Å². The number of fused-ring (bicyclic) bond motifs is 2. The summed E-state index contributed by atoms with van der Waals surface area (Å²) in [6.07, 6.45) is 3.77. The van der Waals surface area contributed by atoms with Gasteiger partial charge in [0.1, 0.15) is 11.4 Å². The van der Waals surface area contributed by atoms with Gasteiger partial charge in [0, 0.05) is 24.0 Å². The number of thioether (sulfide) groups is 1. The molecule has 2 aromatic carbocycles. The van der Waals surface area contributed by atoms with Gasteiger partial charge in [0.05, 0.1) is 12.8 Å². The third kappa shape index (κ3) is 2.61. The van der Waals surface area contributed by atoms with Crippen LogP contribution in [-0.2, 0) is 0 Å². The van der Waals surface area contributed by atoms with Crippen molar-refractivity contribution in [3.05, 3.63) is 54.9 Å². The van der Waals surface area contributed by atoms with E-state index in [1.807, 2.05) is 35.0 Å². The summed E-state index contributed by atoms with van der Waals surface area (Å²) in [5, 5.41) is 3.29. The number of rotatable bonds is 4. The molecule has 0 aliphatic carbocycles. The number of benzene rings is 2. The van der Waals surface area contributed by atoms with E-state index in [9.17, 15) is 0 Å². The Morgan fingerprint density at radius 2 is 1.92 bits per heavy atom. The van der Waals surface area contributed by atoms with Crippen molar-refractivity contribution in [3.8, 4) is 17.0 Å². The van der Waals surface area contributed by atoms with E-state index in [-0.39, 0.29) is 0 Å². The van der Waals surface area contributed by atoms with E-state index in [1.165, 1.54) is 5.39 Å². The summed E-state index contributed by atoms with van der Waals surface area (Å²) in [5.74, 6) is 1.84. The molecule has 2 heterocycles. The third-order valence-corrected chi connectivity index (χ3v) is 4.81. The van der Waals surface area contributed by atoms with Crippen molar-refractivity contribution in [3.63, 3.8) is 0 Å². The first kappa shape index (κ1) is 15.0. The number of imidazole rings is 1. The van der Waals surface area contributed by atoms with Gasteiger partial charge in [0.15, 0.2) is 5.16 Å². The van der Waals surface area contributed by atoms with Gasteiger partial charge in [-0.3, -0.25) is 4.40 Å². The summed E-state index contributed by atoms with van der Waals surface area (Å²) in [4.78, 5) is 9.26. The molecule has 0 fully saturated rings. The van der Waals surface area contributed by atoms with Gasteiger partial charge in [0.25, 0.3) is 0 Å². The number of ether oxygens (including phenoxy) is 1. The first-order valence-corrected chi connectivity index (χ1v) is 8.82. The van der Waals surface area contributed by atoms with Crippen molar-refractivity contribution in [2.45, 2.75) is 12.1 Å². The SMILES string of the molecule is CCSc1nc(-c2ccc3cc(OC)ccc3c2)cc2nccn12. The van der Waals surface area contributed by atoms with E-state index in [0.717, 1.165) is 38.9 Å². The molecule has 0 bridgehead atoms.